The first-order valence-electron chi connectivity index (χ1n) is 7.19. The van der Waals surface area contributed by atoms with E-state index >= 15 is 0 Å². The number of hydrogen-bond acceptors (Lipinski definition) is 3. The van der Waals surface area contributed by atoms with Gasteiger partial charge in [-0.25, -0.2) is 0 Å². The first kappa shape index (κ1) is 14.8. The van der Waals surface area contributed by atoms with Crippen molar-refractivity contribution in [2.45, 2.75) is 25.9 Å². The Morgan fingerprint density at radius 3 is 2.90 bits per heavy atom. The van der Waals surface area contributed by atoms with Gasteiger partial charge < -0.3 is 14.6 Å². The molecule has 0 spiro atoms. The Bertz CT molecular complexity index is 559. The maximum atomic E-state index is 5.96. The molecular weight excluding hydrogens is 248 g/mol. The van der Waals surface area contributed by atoms with E-state index in [0.29, 0.717) is 0 Å². The molecule has 108 valence electrons. The van der Waals surface area contributed by atoms with E-state index in [1.807, 2.05) is 25.3 Å². The Kier molecular flexibility index (Phi) is 5.39. The third kappa shape index (κ3) is 3.50. The van der Waals surface area contributed by atoms with Gasteiger partial charge in [0.05, 0.1) is 6.54 Å². The predicted octanol–water partition coefficient (Wildman–Crippen LogP) is 3.55. The van der Waals surface area contributed by atoms with Crippen molar-refractivity contribution in [3.8, 4) is 0 Å². The van der Waals surface area contributed by atoms with Gasteiger partial charge in [-0.05, 0) is 39.5 Å². The van der Waals surface area contributed by atoms with Crippen LogP contribution in [0.4, 0.5) is 0 Å². The fourth-order valence-corrected chi connectivity index (χ4v) is 2.48. The lowest BCUT2D eigenvalue weighted by Crippen LogP contribution is -2.20. The van der Waals surface area contributed by atoms with E-state index in [2.05, 4.69) is 36.0 Å². The number of hydrogen-bond donors (Lipinski definition) is 1. The van der Waals surface area contributed by atoms with Crippen LogP contribution in [0, 0.1) is 0 Å². The van der Waals surface area contributed by atoms with E-state index in [4.69, 9.17) is 4.42 Å². The Morgan fingerprint density at radius 2 is 2.15 bits per heavy atom. The summed E-state index contributed by atoms with van der Waals surface area (Å²) >= 11 is 0. The fourth-order valence-electron chi connectivity index (χ4n) is 2.48. The summed E-state index contributed by atoms with van der Waals surface area (Å²) in [5.74, 6) is 1.05. The van der Waals surface area contributed by atoms with E-state index in [9.17, 15) is 0 Å². The van der Waals surface area contributed by atoms with Gasteiger partial charge in [0.15, 0.2) is 0 Å². The molecule has 0 saturated heterocycles. The van der Waals surface area contributed by atoms with Crippen LogP contribution in [0.1, 0.15) is 24.2 Å². The first-order valence-corrected chi connectivity index (χ1v) is 7.19. The third-order valence-electron chi connectivity index (χ3n) is 3.50. The van der Waals surface area contributed by atoms with Crippen molar-refractivity contribution in [2.24, 2.45) is 0 Å². The number of furan rings is 1. The number of unbranched alkanes of at least 4 members (excludes halogenated alkanes) is 1. The lowest BCUT2D eigenvalue weighted by molar-refractivity contribution is 0.320. The summed E-state index contributed by atoms with van der Waals surface area (Å²) in [6.45, 7) is 6.53. The summed E-state index contributed by atoms with van der Waals surface area (Å²) < 4.78 is 5.96. The average molecular weight is 272 g/mol. The van der Waals surface area contributed by atoms with Gasteiger partial charge in [0.1, 0.15) is 11.3 Å². The van der Waals surface area contributed by atoms with Crippen molar-refractivity contribution in [3.05, 3.63) is 48.2 Å². The SMILES string of the molecule is C=CCCCN(C)Cc1c(CNC)oc2ccccc12. The van der Waals surface area contributed by atoms with E-state index in [0.717, 1.165) is 43.8 Å². The van der Waals surface area contributed by atoms with Gasteiger partial charge in [-0.2, -0.15) is 0 Å². The van der Waals surface area contributed by atoms with Gasteiger partial charge in [0.2, 0.25) is 0 Å². The molecular formula is C17H24N2O. The molecule has 0 atom stereocenters. The summed E-state index contributed by atoms with van der Waals surface area (Å²) in [7, 11) is 4.11. The average Bonchev–Trinajstić information content (AvgIpc) is 2.78. The molecule has 3 nitrogen and oxygen atoms in total. The second-order valence-corrected chi connectivity index (χ2v) is 5.20. The number of nitrogens with one attached hydrogen (secondary N) is 1. The van der Waals surface area contributed by atoms with Gasteiger partial charge in [-0.3, -0.25) is 0 Å². The molecule has 0 aliphatic heterocycles. The van der Waals surface area contributed by atoms with E-state index < -0.39 is 0 Å². The van der Waals surface area contributed by atoms with Crippen LogP contribution in [0.3, 0.4) is 0 Å². The summed E-state index contributed by atoms with van der Waals surface area (Å²) in [5.41, 5.74) is 2.28. The minimum Gasteiger partial charge on any atom is -0.459 e. The molecule has 0 saturated carbocycles. The largest absolute Gasteiger partial charge is 0.459 e. The lowest BCUT2D eigenvalue weighted by atomic mass is 10.1. The molecule has 3 heteroatoms. The standard InChI is InChI=1S/C17H24N2O/c1-4-5-8-11-19(3)13-15-14-9-6-7-10-16(14)20-17(15)12-18-2/h4,6-7,9-10,18H,1,5,8,11-13H2,2-3H3. The monoisotopic (exact) mass is 272 g/mol. The number of rotatable bonds is 8. The molecule has 1 aromatic heterocycles. The highest BCUT2D eigenvalue weighted by Gasteiger charge is 2.14. The molecule has 0 aliphatic carbocycles. The highest BCUT2D eigenvalue weighted by Crippen LogP contribution is 2.26. The second-order valence-electron chi connectivity index (χ2n) is 5.20. The van der Waals surface area contributed by atoms with Crippen LogP contribution < -0.4 is 5.32 Å². The second kappa shape index (κ2) is 7.27. The normalized spacial score (nSPS) is 11.3. The van der Waals surface area contributed by atoms with Gasteiger partial charge in [-0.15, -0.1) is 6.58 Å². The highest BCUT2D eigenvalue weighted by atomic mass is 16.3. The molecule has 0 radical (unpaired) electrons. The van der Waals surface area contributed by atoms with E-state index in [-0.39, 0.29) is 0 Å². The molecule has 1 N–H and O–H groups in total. The van der Waals surface area contributed by atoms with E-state index in [1.165, 1.54) is 10.9 Å². The molecule has 0 bridgehead atoms. The summed E-state index contributed by atoms with van der Waals surface area (Å²) in [4.78, 5) is 2.35. The summed E-state index contributed by atoms with van der Waals surface area (Å²) in [6.07, 6.45) is 4.20. The van der Waals surface area contributed by atoms with Crippen molar-refractivity contribution in [2.75, 3.05) is 20.6 Å². The van der Waals surface area contributed by atoms with Crippen molar-refractivity contribution in [1.82, 2.24) is 10.2 Å². The zero-order valence-corrected chi connectivity index (χ0v) is 12.5. The Hall–Kier alpha value is -1.58. The van der Waals surface area contributed by atoms with Crippen LogP contribution >= 0.6 is 0 Å². The zero-order valence-electron chi connectivity index (χ0n) is 12.5. The first-order chi connectivity index (χ1) is 9.76. The van der Waals surface area contributed by atoms with Crippen LogP contribution in [-0.2, 0) is 13.1 Å². The van der Waals surface area contributed by atoms with Crippen LogP contribution in [0.25, 0.3) is 11.0 Å². The summed E-state index contributed by atoms with van der Waals surface area (Å²) in [5, 5.41) is 4.42. The summed E-state index contributed by atoms with van der Waals surface area (Å²) in [6, 6.07) is 8.27. The van der Waals surface area contributed by atoms with Crippen molar-refractivity contribution < 1.29 is 4.42 Å². The maximum absolute atomic E-state index is 5.96. The Balaban J connectivity index is 2.17. The van der Waals surface area contributed by atoms with Gasteiger partial charge in [0.25, 0.3) is 0 Å². The van der Waals surface area contributed by atoms with Crippen LogP contribution in [0.5, 0.6) is 0 Å². The number of nitrogens with zero attached hydrogens (tertiary/aromatic N) is 1. The lowest BCUT2D eigenvalue weighted by Gasteiger charge is -2.16. The number of fused-ring (bicyclic) bond motifs is 1. The topological polar surface area (TPSA) is 28.4 Å². The van der Waals surface area contributed by atoms with Gasteiger partial charge >= 0.3 is 0 Å². The van der Waals surface area contributed by atoms with Crippen molar-refractivity contribution >= 4 is 11.0 Å². The molecule has 0 amide bonds. The van der Waals surface area contributed by atoms with Crippen LogP contribution in [-0.4, -0.2) is 25.5 Å². The molecule has 1 heterocycles. The molecule has 2 aromatic rings. The van der Waals surface area contributed by atoms with Crippen LogP contribution in [0.15, 0.2) is 41.3 Å². The predicted molar refractivity (Wildman–Crippen MR) is 84.7 cm³/mol. The fraction of sp³-hybridized carbons (Fsp3) is 0.412. The molecule has 0 unspecified atom stereocenters. The van der Waals surface area contributed by atoms with Crippen molar-refractivity contribution in [1.29, 1.82) is 0 Å². The number of benzene rings is 1. The molecule has 0 fully saturated rings. The smallest absolute Gasteiger partial charge is 0.134 e. The Morgan fingerprint density at radius 1 is 1.35 bits per heavy atom. The van der Waals surface area contributed by atoms with Crippen molar-refractivity contribution in [3.63, 3.8) is 0 Å². The van der Waals surface area contributed by atoms with Crippen LogP contribution in [0.2, 0.25) is 0 Å². The molecule has 1 aromatic carbocycles. The van der Waals surface area contributed by atoms with Gasteiger partial charge in [-0.1, -0.05) is 24.3 Å². The van der Waals surface area contributed by atoms with E-state index in [1.54, 1.807) is 0 Å². The number of allylic oxidation sites excluding steroid dienone is 1. The zero-order chi connectivity index (χ0) is 14.4. The highest BCUT2D eigenvalue weighted by molar-refractivity contribution is 5.82. The molecule has 20 heavy (non-hydrogen) atoms. The molecule has 2 rings (SSSR count). The minimum atomic E-state index is 0.768. The minimum absolute atomic E-state index is 0.768. The maximum Gasteiger partial charge on any atom is 0.134 e. The van der Waals surface area contributed by atoms with Gasteiger partial charge in [0, 0.05) is 17.5 Å². The molecule has 0 aliphatic rings. The Labute approximate surface area is 121 Å². The third-order valence-corrected chi connectivity index (χ3v) is 3.50. The quantitative estimate of drug-likeness (QED) is 0.588. The number of para-hydroxylation sites is 1.